The van der Waals surface area contributed by atoms with Gasteiger partial charge in [0, 0.05) is 19.2 Å². The lowest BCUT2D eigenvalue weighted by Crippen LogP contribution is -1.68. The van der Waals surface area contributed by atoms with Gasteiger partial charge in [-0.3, -0.25) is 10.1 Å². The van der Waals surface area contributed by atoms with Crippen LogP contribution < -0.4 is 0 Å². The Balaban J connectivity index is 0.000000324. The fourth-order valence-electron chi connectivity index (χ4n) is 0.783. The number of hydrogen-bond donors (Lipinski definition) is 1. The van der Waals surface area contributed by atoms with Gasteiger partial charge in [0.1, 0.15) is 0 Å². The molecule has 0 atom stereocenters. The number of H-pyrrole nitrogens is 1. The second kappa shape index (κ2) is 4.49. The number of fused-ring (bicyclic) bond motifs is 1. The molecule has 3 heteroatoms. The molecule has 0 saturated carbocycles. The summed E-state index contributed by atoms with van der Waals surface area (Å²) in [6, 6.07) is 1.89. The van der Waals surface area contributed by atoms with Gasteiger partial charge in [-0.25, -0.2) is 0 Å². The molecule has 3 nitrogen and oxygen atoms in total. The van der Waals surface area contributed by atoms with Gasteiger partial charge < -0.3 is 0 Å². The second-order valence-electron chi connectivity index (χ2n) is 2.54. The van der Waals surface area contributed by atoms with Crippen LogP contribution in [0.3, 0.4) is 0 Å². The van der Waals surface area contributed by atoms with Gasteiger partial charge in [0.2, 0.25) is 0 Å². The lowest BCUT2D eigenvalue weighted by molar-refractivity contribution is 1.09. The molecule has 0 aliphatic heterocycles. The van der Waals surface area contributed by atoms with Crippen LogP contribution in [0.25, 0.3) is 10.9 Å². The molecule has 0 unspecified atom stereocenters. The van der Waals surface area contributed by atoms with Crippen molar-refractivity contribution in [2.75, 3.05) is 0 Å². The fourth-order valence-corrected chi connectivity index (χ4v) is 0.783. The summed E-state index contributed by atoms with van der Waals surface area (Å²) < 4.78 is 0. The summed E-state index contributed by atoms with van der Waals surface area (Å²) in [6.07, 6.45) is 6.52. The average Bonchev–Trinajstić information content (AvgIpc) is 2.52. The smallest absolute Gasteiger partial charge is 0.0681 e. The number of nitrogens with one attached hydrogen (secondary N) is 1. The summed E-state index contributed by atoms with van der Waals surface area (Å²) in [5.41, 5.74) is 1.03. The zero-order valence-corrected chi connectivity index (χ0v) is 7.41. The molecule has 0 aliphatic carbocycles. The monoisotopic (exact) mass is 165 g/mol. The van der Waals surface area contributed by atoms with Crippen LogP contribution >= 0.6 is 0 Å². The molecule has 0 bridgehead atoms. The summed E-state index contributed by atoms with van der Waals surface area (Å²) in [5.74, 6) is 0. The Morgan fingerprint density at radius 1 is 1.42 bits per heavy atom. The van der Waals surface area contributed by atoms with E-state index in [2.05, 4.69) is 29.0 Å². The summed E-state index contributed by atoms with van der Waals surface area (Å²) in [4.78, 5) is 3.93. The van der Waals surface area contributed by atoms with Crippen molar-refractivity contribution in [1.82, 2.24) is 15.2 Å². The van der Waals surface area contributed by atoms with Crippen LogP contribution in [0.5, 0.6) is 0 Å². The van der Waals surface area contributed by atoms with E-state index >= 15 is 0 Å². The minimum absolute atomic E-state index is 0. The van der Waals surface area contributed by atoms with Crippen LogP contribution in [0.15, 0.2) is 24.7 Å². The standard InChI is InChI=1S/C6H5N3.C3H8.H2/c1-2-7-3-5-4-8-9-6(1)5;1-3-2;/h1-4H,(H,8,9);3H2,1-2H3;1H. The molecule has 2 rings (SSSR count). The van der Waals surface area contributed by atoms with Crippen LogP contribution in [0.4, 0.5) is 0 Å². The Labute approximate surface area is 73.3 Å². The topological polar surface area (TPSA) is 41.6 Å². The van der Waals surface area contributed by atoms with Gasteiger partial charge in [-0.2, -0.15) is 5.10 Å². The largest absolute Gasteiger partial charge is 0.278 e. The molecule has 2 aromatic rings. The van der Waals surface area contributed by atoms with Gasteiger partial charge >= 0.3 is 0 Å². The van der Waals surface area contributed by atoms with E-state index in [1.165, 1.54) is 6.42 Å². The van der Waals surface area contributed by atoms with Crippen LogP contribution in [0.2, 0.25) is 0 Å². The molecule has 1 N–H and O–H groups in total. The van der Waals surface area contributed by atoms with E-state index in [0.29, 0.717) is 0 Å². The van der Waals surface area contributed by atoms with Gasteiger partial charge in [-0.05, 0) is 6.07 Å². The van der Waals surface area contributed by atoms with E-state index in [1.807, 2.05) is 6.07 Å². The van der Waals surface area contributed by atoms with E-state index in [4.69, 9.17) is 0 Å². The molecule has 12 heavy (non-hydrogen) atoms. The molecule has 0 amide bonds. The molecule has 0 radical (unpaired) electrons. The van der Waals surface area contributed by atoms with Crippen LogP contribution in [0, 0.1) is 0 Å². The fraction of sp³-hybridized carbons (Fsp3) is 0.333. The number of aromatic amines is 1. The van der Waals surface area contributed by atoms with Crippen LogP contribution in [-0.2, 0) is 0 Å². The maximum atomic E-state index is 3.93. The summed E-state index contributed by atoms with van der Waals surface area (Å²) in [6.45, 7) is 4.25. The Morgan fingerprint density at radius 3 is 2.83 bits per heavy atom. The predicted octanol–water partition coefficient (Wildman–Crippen LogP) is 2.62. The number of nitrogens with zero attached hydrogens (tertiary/aromatic N) is 2. The van der Waals surface area contributed by atoms with Crippen molar-refractivity contribution >= 4 is 10.9 Å². The molecule has 0 fully saturated rings. The third kappa shape index (κ3) is 2.05. The zero-order chi connectivity index (χ0) is 8.81. The molecule has 2 aromatic heterocycles. The van der Waals surface area contributed by atoms with Crippen LogP contribution in [-0.4, -0.2) is 15.2 Å². The molecule has 0 aliphatic rings. The van der Waals surface area contributed by atoms with Crippen LogP contribution in [0.1, 0.15) is 21.7 Å². The molecule has 0 saturated heterocycles. The lowest BCUT2D eigenvalue weighted by atomic mass is 10.3. The summed E-state index contributed by atoms with van der Waals surface area (Å²) in [7, 11) is 0. The second-order valence-corrected chi connectivity index (χ2v) is 2.54. The van der Waals surface area contributed by atoms with E-state index < -0.39 is 0 Å². The number of aromatic nitrogens is 3. The first kappa shape index (κ1) is 8.71. The lowest BCUT2D eigenvalue weighted by Gasteiger charge is -1.80. The Morgan fingerprint density at radius 2 is 2.17 bits per heavy atom. The minimum Gasteiger partial charge on any atom is -0.278 e. The number of rotatable bonds is 0. The number of pyridine rings is 1. The highest BCUT2D eigenvalue weighted by Crippen LogP contribution is 2.04. The average molecular weight is 165 g/mol. The Hall–Kier alpha value is -1.38. The summed E-state index contributed by atoms with van der Waals surface area (Å²) >= 11 is 0. The first-order valence-electron chi connectivity index (χ1n) is 4.11. The van der Waals surface area contributed by atoms with E-state index in [1.54, 1.807) is 18.6 Å². The van der Waals surface area contributed by atoms with Crippen molar-refractivity contribution in [1.29, 1.82) is 0 Å². The maximum Gasteiger partial charge on any atom is 0.0681 e. The van der Waals surface area contributed by atoms with E-state index in [9.17, 15) is 0 Å². The van der Waals surface area contributed by atoms with Gasteiger partial charge in [0.15, 0.2) is 0 Å². The molecule has 66 valence electrons. The highest BCUT2D eigenvalue weighted by molar-refractivity contribution is 5.75. The van der Waals surface area contributed by atoms with Gasteiger partial charge in [0.05, 0.1) is 11.7 Å². The van der Waals surface area contributed by atoms with Crippen molar-refractivity contribution in [2.45, 2.75) is 20.3 Å². The third-order valence-electron chi connectivity index (χ3n) is 1.24. The minimum atomic E-state index is 0. The van der Waals surface area contributed by atoms with Gasteiger partial charge in [0.25, 0.3) is 0 Å². The number of hydrogen-bond acceptors (Lipinski definition) is 2. The van der Waals surface area contributed by atoms with Gasteiger partial charge in [-0.1, -0.05) is 20.3 Å². The van der Waals surface area contributed by atoms with Crippen molar-refractivity contribution in [3.8, 4) is 0 Å². The maximum absolute atomic E-state index is 3.93. The van der Waals surface area contributed by atoms with Crippen molar-refractivity contribution < 1.29 is 1.43 Å². The molecule has 0 aromatic carbocycles. The Bertz CT molecular complexity index is 302. The quantitative estimate of drug-likeness (QED) is 0.652. The molecular weight excluding hydrogens is 150 g/mol. The molecule has 2 heterocycles. The summed E-state index contributed by atoms with van der Waals surface area (Å²) in [5, 5.41) is 7.72. The molecular formula is C9H15N3. The van der Waals surface area contributed by atoms with E-state index in [-0.39, 0.29) is 1.43 Å². The van der Waals surface area contributed by atoms with Gasteiger partial charge in [-0.15, -0.1) is 0 Å². The predicted molar refractivity (Wildman–Crippen MR) is 52.0 cm³/mol. The highest BCUT2D eigenvalue weighted by atomic mass is 15.1. The zero-order valence-electron chi connectivity index (χ0n) is 7.41. The first-order chi connectivity index (χ1) is 5.88. The molecule has 0 spiro atoms. The normalized spacial score (nSPS) is 9.17. The highest BCUT2D eigenvalue weighted by Gasteiger charge is 1.89. The Kier molecular flexibility index (Phi) is 3.26. The van der Waals surface area contributed by atoms with E-state index in [0.717, 1.165) is 10.9 Å². The van der Waals surface area contributed by atoms with Crippen molar-refractivity contribution in [2.24, 2.45) is 0 Å². The third-order valence-corrected chi connectivity index (χ3v) is 1.24. The SMILES string of the molecule is CCC.[HH].c1cc2[nH]ncc2cn1. The first-order valence-corrected chi connectivity index (χ1v) is 4.11. The van der Waals surface area contributed by atoms with Crippen molar-refractivity contribution in [3.63, 3.8) is 0 Å². The van der Waals surface area contributed by atoms with Crippen molar-refractivity contribution in [3.05, 3.63) is 24.7 Å².